The highest BCUT2D eigenvalue weighted by Gasteiger charge is 2.28. The van der Waals surface area contributed by atoms with Gasteiger partial charge in [-0.05, 0) is 65.6 Å². The van der Waals surface area contributed by atoms with Crippen LogP contribution in [0.4, 0.5) is 10.1 Å². The van der Waals surface area contributed by atoms with Crippen molar-refractivity contribution in [3.8, 4) is 5.75 Å². The third-order valence-electron chi connectivity index (χ3n) is 7.21. The van der Waals surface area contributed by atoms with Crippen LogP contribution in [0.5, 0.6) is 5.75 Å². The Morgan fingerprint density at radius 3 is 2.55 bits per heavy atom. The molecule has 208 valence electrons. The van der Waals surface area contributed by atoms with Crippen molar-refractivity contribution < 1.29 is 27.1 Å². The highest BCUT2D eigenvalue weighted by atomic mass is 32.2. The van der Waals surface area contributed by atoms with Gasteiger partial charge in [-0.3, -0.25) is 9.59 Å². The molecular weight excluding hydrogens is 533 g/mol. The largest absolute Gasteiger partial charge is 0.497 e. The number of aromatic amines is 1. The number of nitrogens with one attached hydrogen (secondary N) is 2. The number of aryl methyl sites for hydroxylation is 1. The molecule has 0 saturated carbocycles. The van der Waals surface area contributed by atoms with Crippen molar-refractivity contribution in [2.75, 3.05) is 24.8 Å². The van der Waals surface area contributed by atoms with Crippen molar-refractivity contribution in [1.82, 2.24) is 10.3 Å². The van der Waals surface area contributed by atoms with E-state index in [1.54, 1.807) is 38.4 Å². The van der Waals surface area contributed by atoms with Gasteiger partial charge in [-0.25, -0.2) is 12.8 Å². The van der Waals surface area contributed by atoms with E-state index in [0.29, 0.717) is 40.0 Å². The molecule has 2 amide bonds. The molecule has 0 fully saturated rings. The molecule has 40 heavy (non-hydrogen) atoms. The minimum Gasteiger partial charge on any atom is -0.497 e. The SMILES string of the molecule is COc1ccc(N(C)C(=O)[C@@H]2Cc3cccc(c3)CCS(=O)(=O)Cc3[nH]c4ccc(F)cc4c3CC(=O)N2)cc1. The molecule has 8 nitrogen and oxygen atoms in total. The first-order chi connectivity index (χ1) is 19.1. The van der Waals surface area contributed by atoms with Crippen LogP contribution in [0.1, 0.15) is 22.4 Å². The molecule has 1 aromatic heterocycles. The van der Waals surface area contributed by atoms with Crippen molar-refractivity contribution >= 4 is 38.2 Å². The van der Waals surface area contributed by atoms with Crippen LogP contribution in [-0.4, -0.2) is 51.2 Å². The number of methoxy groups -OCH3 is 1. The average molecular weight is 564 g/mol. The van der Waals surface area contributed by atoms with E-state index in [-0.39, 0.29) is 30.3 Å². The van der Waals surface area contributed by atoms with Gasteiger partial charge in [0.25, 0.3) is 0 Å². The van der Waals surface area contributed by atoms with Crippen LogP contribution in [0.25, 0.3) is 10.9 Å². The molecule has 0 saturated heterocycles. The summed E-state index contributed by atoms with van der Waals surface area (Å²) in [6.07, 6.45) is 0.294. The fourth-order valence-corrected chi connectivity index (χ4v) is 6.46. The van der Waals surface area contributed by atoms with Gasteiger partial charge >= 0.3 is 0 Å². The first kappa shape index (κ1) is 27.4. The van der Waals surface area contributed by atoms with E-state index >= 15 is 0 Å². The summed E-state index contributed by atoms with van der Waals surface area (Å²) < 4.78 is 45.5. The molecule has 0 aliphatic carbocycles. The summed E-state index contributed by atoms with van der Waals surface area (Å²) in [5, 5.41) is 3.31. The fraction of sp³-hybridized carbons (Fsp3) is 0.267. The number of nitrogens with zero attached hydrogens (tertiary/aromatic N) is 1. The molecule has 3 aromatic carbocycles. The van der Waals surface area contributed by atoms with E-state index in [0.717, 1.165) is 11.1 Å². The van der Waals surface area contributed by atoms with E-state index < -0.39 is 27.6 Å². The van der Waals surface area contributed by atoms with Crippen molar-refractivity contribution in [2.45, 2.75) is 31.1 Å². The molecule has 2 heterocycles. The first-order valence-corrected chi connectivity index (χ1v) is 14.7. The van der Waals surface area contributed by atoms with Crippen molar-refractivity contribution in [3.63, 3.8) is 0 Å². The van der Waals surface area contributed by atoms with Gasteiger partial charge in [0.15, 0.2) is 9.84 Å². The smallest absolute Gasteiger partial charge is 0.249 e. The maximum absolute atomic E-state index is 14.2. The Kier molecular flexibility index (Phi) is 7.62. The Balaban J connectivity index is 1.53. The molecule has 5 rings (SSSR count). The van der Waals surface area contributed by atoms with Crippen LogP contribution in [0.2, 0.25) is 0 Å². The summed E-state index contributed by atoms with van der Waals surface area (Å²) in [4.78, 5) is 31.7. The molecule has 0 spiro atoms. The van der Waals surface area contributed by atoms with Gasteiger partial charge in [-0.15, -0.1) is 0 Å². The monoisotopic (exact) mass is 563 g/mol. The van der Waals surface area contributed by atoms with Crippen molar-refractivity contribution in [3.05, 3.63) is 94.9 Å². The number of ether oxygens (including phenoxy) is 1. The molecule has 10 heteroatoms. The Morgan fingerprint density at radius 1 is 1.05 bits per heavy atom. The number of carbonyl (C=O) groups excluding carboxylic acids is 2. The number of amides is 2. The minimum atomic E-state index is -3.55. The summed E-state index contributed by atoms with van der Waals surface area (Å²) in [7, 11) is -0.345. The van der Waals surface area contributed by atoms with Gasteiger partial charge in [-0.1, -0.05) is 24.3 Å². The van der Waals surface area contributed by atoms with Gasteiger partial charge in [0.2, 0.25) is 11.8 Å². The first-order valence-electron chi connectivity index (χ1n) is 12.9. The Hall–Kier alpha value is -4.18. The number of hydrogen-bond donors (Lipinski definition) is 2. The standard InChI is InChI=1S/C30H30FN3O5S/c1-34(22-7-9-23(39-2)10-8-22)30(36)27-15-20-5-3-4-19(14-20)12-13-40(37,38)18-28-25(17-29(35)33-27)24-16-21(31)6-11-26(24)32-28/h3-11,14,16,27,32H,12-13,15,17-18H2,1-2H3,(H,33,35)/t27-/m0/s1. The number of sulfone groups is 1. The minimum absolute atomic E-state index is 0.0889. The van der Waals surface area contributed by atoms with Crippen LogP contribution in [0, 0.1) is 5.82 Å². The second-order valence-electron chi connectivity index (χ2n) is 10.0. The van der Waals surface area contributed by atoms with Gasteiger partial charge in [0.1, 0.15) is 17.6 Å². The van der Waals surface area contributed by atoms with Gasteiger partial charge in [0, 0.05) is 35.8 Å². The number of carbonyl (C=O) groups is 2. The van der Waals surface area contributed by atoms with Crippen molar-refractivity contribution in [2.24, 2.45) is 0 Å². The number of fused-ring (bicyclic) bond motifs is 5. The topological polar surface area (TPSA) is 109 Å². The zero-order valence-electron chi connectivity index (χ0n) is 22.2. The van der Waals surface area contributed by atoms with Gasteiger partial charge in [0.05, 0.1) is 25.0 Å². The fourth-order valence-electron chi connectivity index (χ4n) is 5.09. The van der Waals surface area contributed by atoms with Crippen LogP contribution in [0.3, 0.4) is 0 Å². The number of likely N-dealkylation sites (N-methyl/N-ethyl adjacent to an activating group) is 1. The lowest BCUT2D eigenvalue weighted by molar-refractivity contribution is -0.127. The lowest BCUT2D eigenvalue weighted by atomic mass is 10.0. The van der Waals surface area contributed by atoms with Crippen LogP contribution >= 0.6 is 0 Å². The summed E-state index contributed by atoms with van der Waals surface area (Å²) in [5.74, 6) is -1.03. The van der Waals surface area contributed by atoms with E-state index in [2.05, 4.69) is 10.3 Å². The summed E-state index contributed by atoms with van der Waals surface area (Å²) in [6.45, 7) is 0. The van der Waals surface area contributed by atoms with Crippen LogP contribution < -0.4 is 15.0 Å². The maximum Gasteiger partial charge on any atom is 0.249 e. The molecule has 2 N–H and O–H groups in total. The van der Waals surface area contributed by atoms with E-state index in [1.165, 1.54) is 23.1 Å². The molecule has 1 aliphatic heterocycles. The molecular formula is C30H30FN3O5S. The molecule has 2 bridgehead atoms. The van der Waals surface area contributed by atoms with Gasteiger partial charge < -0.3 is 19.9 Å². The van der Waals surface area contributed by atoms with E-state index in [1.807, 2.05) is 24.3 Å². The van der Waals surface area contributed by atoms with Gasteiger partial charge in [-0.2, -0.15) is 0 Å². The number of anilines is 1. The number of aromatic nitrogens is 1. The van der Waals surface area contributed by atoms with E-state index in [4.69, 9.17) is 4.74 Å². The van der Waals surface area contributed by atoms with Crippen molar-refractivity contribution in [1.29, 1.82) is 0 Å². The summed E-state index contributed by atoms with van der Waals surface area (Å²) >= 11 is 0. The predicted molar refractivity (Wildman–Crippen MR) is 152 cm³/mol. The Bertz CT molecular complexity index is 1680. The number of benzene rings is 3. The van der Waals surface area contributed by atoms with Crippen LogP contribution in [-0.2, 0) is 44.4 Å². The lowest BCUT2D eigenvalue weighted by Crippen LogP contribution is -2.49. The number of rotatable bonds is 3. The number of halogens is 1. The zero-order chi connectivity index (χ0) is 28.4. The quantitative estimate of drug-likeness (QED) is 0.395. The van der Waals surface area contributed by atoms with E-state index in [9.17, 15) is 22.4 Å². The maximum atomic E-state index is 14.2. The average Bonchev–Trinajstić information content (AvgIpc) is 3.25. The Labute approximate surface area is 232 Å². The number of hydrogen-bond acceptors (Lipinski definition) is 5. The second-order valence-corrected chi connectivity index (χ2v) is 12.2. The lowest BCUT2D eigenvalue weighted by Gasteiger charge is -2.25. The molecule has 0 unspecified atom stereocenters. The van der Waals surface area contributed by atoms with Crippen LogP contribution in [0.15, 0.2) is 66.7 Å². The zero-order valence-corrected chi connectivity index (χ0v) is 23.1. The normalized spacial score (nSPS) is 17.4. The highest BCUT2D eigenvalue weighted by Crippen LogP contribution is 2.27. The second kappa shape index (κ2) is 11.1. The summed E-state index contributed by atoms with van der Waals surface area (Å²) in [5.41, 5.74) is 3.53. The molecule has 4 aromatic rings. The number of H-pyrrole nitrogens is 1. The predicted octanol–water partition coefficient (Wildman–Crippen LogP) is 3.72. The third-order valence-corrected chi connectivity index (χ3v) is 8.77. The molecule has 1 aliphatic rings. The highest BCUT2D eigenvalue weighted by molar-refractivity contribution is 7.90. The Morgan fingerprint density at radius 2 is 1.80 bits per heavy atom. The summed E-state index contributed by atoms with van der Waals surface area (Å²) in [6, 6.07) is 17.6. The molecule has 1 atom stereocenters. The molecule has 0 radical (unpaired) electrons. The third kappa shape index (κ3) is 6.02.